The number of nitrogens with one attached hydrogen (secondary N) is 1. The second-order valence-electron chi connectivity index (χ2n) is 4.20. The van der Waals surface area contributed by atoms with Gasteiger partial charge in [0.2, 0.25) is 0 Å². The second kappa shape index (κ2) is 6.88. The first-order chi connectivity index (χ1) is 10.1. The van der Waals surface area contributed by atoms with Gasteiger partial charge in [-0.2, -0.15) is 0 Å². The molecule has 0 aromatic heterocycles. The Kier molecular flexibility index (Phi) is 4.92. The first-order valence-electron chi connectivity index (χ1n) is 6.25. The third kappa shape index (κ3) is 4.05. The molecule has 0 unspecified atom stereocenters. The van der Waals surface area contributed by atoms with Gasteiger partial charge in [0, 0.05) is 24.4 Å². The van der Waals surface area contributed by atoms with Crippen LogP contribution in [0.4, 0.5) is 18.9 Å². The molecule has 0 spiro atoms. The summed E-state index contributed by atoms with van der Waals surface area (Å²) in [6.07, 6.45) is 0. The van der Waals surface area contributed by atoms with Gasteiger partial charge in [-0.1, -0.05) is 0 Å². The van der Waals surface area contributed by atoms with Crippen LogP contribution in [0.25, 0.3) is 0 Å². The molecule has 1 N–H and O–H groups in total. The quantitative estimate of drug-likeness (QED) is 0.653. The van der Waals surface area contributed by atoms with Crippen molar-refractivity contribution in [1.82, 2.24) is 0 Å². The number of methoxy groups -OCH3 is 1. The summed E-state index contributed by atoms with van der Waals surface area (Å²) in [5.41, 5.74) is 0.157. The van der Waals surface area contributed by atoms with Crippen molar-refractivity contribution in [1.29, 1.82) is 0 Å². The highest BCUT2D eigenvalue weighted by Gasteiger charge is 2.09. The van der Waals surface area contributed by atoms with Crippen LogP contribution in [0.1, 0.15) is 0 Å². The van der Waals surface area contributed by atoms with Crippen LogP contribution in [0, 0.1) is 17.5 Å². The van der Waals surface area contributed by atoms with Gasteiger partial charge in [-0.25, -0.2) is 13.2 Å². The highest BCUT2D eigenvalue weighted by Crippen LogP contribution is 2.18. The molecule has 0 aliphatic heterocycles. The molecule has 0 bridgehead atoms. The van der Waals surface area contributed by atoms with Crippen molar-refractivity contribution in [2.24, 2.45) is 0 Å². The van der Waals surface area contributed by atoms with Crippen LogP contribution in [0.5, 0.6) is 11.5 Å². The average Bonchev–Trinajstić information content (AvgIpc) is 2.49. The first kappa shape index (κ1) is 15.0. The van der Waals surface area contributed by atoms with E-state index in [2.05, 4.69) is 5.32 Å². The molecule has 3 nitrogen and oxygen atoms in total. The normalized spacial score (nSPS) is 10.3. The van der Waals surface area contributed by atoms with Gasteiger partial charge in [0.15, 0.2) is 17.5 Å². The highest BCUT2D eigenvalue weighted by molar-refractivity contribution is 5.44. The standard InChI is InChI=1S/C15H14F3NO2/c1-20-11-2-4-12(5-3-11)21-7-6-19-10-8-13(16)15(18)14(17)9-10/h2-5,8-9,19H,6-7H2,1H3. The first-order valence-corrected chi connectivity index (χ1v) is 6.25. The predicted octanol–water partition coefficient (Wildman–Crippen LogP) is 3.60. The van der Waals surface area contributed by atoms with Gasteiger partial charge in [-0.15, -0.1) is 0 Å². The smallest absolute Gasteiger partial charge is 0.194 e. The minimum absolute atomic E-state index is 0.157. The van der Waals surface area contributed by atoms with Crippen molar-refractivity contribution >= 4 is 5.69 Å². The van der Waals surface area contributed by atoms with Crippen LogP contribution in [0.3, 0.4) is 0 Å². The SMILES string of the molecule is COc1ccc(OCCNc2cc(F)c(F)c(F)c2)cc1. The zero-order valence-electron chi connectivity index (χ0n) is 11.3. The maximum Gasteiger partial charge on any atom is 0.194 e. The fourth-order valence-corrected chi connectivity index (χ4v) is 1.69. The van der Waals surface area contributed by atoms with Gasteiger partial charge >= 0.3 is 0 Å². The van der Waals surface area contributed by atoms with Crippen molar-refractivity contribution < 1.29 is 22.6 Å². The average molecular weight is 297 g/mol. The molecule has 0 amide bonds. The van der Waals surface area contributed by atoms with E-state index < -0.39 is 17.5 Å². The van der Waals surface area contributed by atoms with Crippen molar-refractivity contribution in [2.45, 2.75) is 0 Å². The Balaban J connectivity index is 1.81. The number of anilines is 1. The summed E-state index contributed by atoms with van der Waals surface area (Å²) in [5.74, 6) is -2.57. The molecule has 0 fully saturated rings. The van der Waals surface area contributed by atoms with E-state index in [1.54, 1.807) is 31.4 Å². The lowest BCUT2D eigenvalue weighted by atomic mass is 10.3. The summed E-state index contributed by atoms with van der Waals surface area (Å²) in [5, 5.41) is 2.75. The summed E-state index contributed by atoms with van der Waals surface area (Å²) in [6.45, 7) is 0.601. The fourth-order valence-electron chi connectivity index (χ4n) is 1.69. The van der Waals surface area contributed by atoms with Crippen LogP contribution in [-0.4, -0.2) is 20.3 Å². The van der Waals surface area contributed by atoms with Gasteiger partial charge in [-0.05, 0) is 24.3 Å². The van der Waals surface area contributed by atoms with Crippen LogP contribution in [0.2, 0.25) is 0 Å². The Labute approximate surface area is 120 Å². The predicted molar refractivity (Wildman–Crippen MR) is 73.3 cm³/mol. The molecular weight excluding hydrogens is 283 g/mol. The molecule has 21 heavy (non-hydrogen) atoms. The number of ether oxygens (including phenoxy) is 2. The third-order valence-electron chi connectivity index (χ3n) is 2.74. The van der Waals surface area contributed by atoms with Crippen LogP contribution in [0.15, 0.2) is 36.4 Å². The lowest BCUT2D eigenvalue weighted by molar-refractivity contribution is 0.331. The lowest BCUT2D eigenvalue weighted by Gasteiger charge is -2.09. The van der Waals surface area contributed by atoms with E-state index in [0.29, 0.717) is 12.3 Å². The molecule has 2 aromatic carbocycles. The van der Waals surface area contributed by atoms with E-state index in [1.807, 2.05) is 0 Å². The largest absolute Gasteiger partial charge is 0.497 e. The summed E-state index contributed by atoms with van der Waals surface area (Å²) in [7, 11) is 1.57. The van der Waals surface area contributed by atoms with Crippen molar-refractivity contribution in [3.63, 3.8) is 0 Å². The van der Waals surface area contributed by atoms with E-state index in [1.165, 1.54) is 0 Å². The van der Waals surface area contributed by atoms with E-state index in [9.17, 15) is 13.2 Å². The Hall–Kier alpha value is -2.37. The summed E-state index contributed by atoms with van der Waals surface area (Å²) in [4.78, 5) is 0. The Bertz CT molecular complexity index is 579. The molecule has 6 heteroatoms. The Morgan fingerprint density at radius 2 is 1.52 bits per heavy atom. The molecule has 0 saturated heterocycles. The van der Waals surface area contributed by atoms with E-state index in [-0.39, 0.29) is 12.3 Å². The minimum Gasteiger partial charge on any atom is -0.497 e. The third-order valence-corrected chi connectivity index (χ3v) is 2.74. The van der Waals surface area contributed by atoms with Gasteiger partial charge in [0.25, 0.3) is 0 Å². The molecule has 2 aromatic rings. The van der Waals surface area contributed by atoms with Crippen LogP contribution >= 0.6 is 0 Å². The van der Waals surface area contributed by atoms with E-state index >= 15 is 0 Å². The van der Waals surface area contributed by atoms with E-state index in [4.69, 9.17) is 9.47 Å². The molecule has 0 aliphatic rings. The second-order valence-corrected chi connectivity index (χ2v) is 4.20. The molecule has 0 radical (unpaired) electrons. The number of hydrogen-bond acceptors (Lipinski definition) is 3. The number of rotatable bonds is 6. The molecule has 0 atom stereocenters. The number of halogens is 3. The molecular formula is C15H14F3NO2. The van der Waals surface area contributed by atoms with Crippen molar-refractivity contribution in [3.05, 3.63) is 53.8 Å². The van der Waals surface area contributed by atoms with Crippen LogP contribution < -0.4 is 14.8 Å². The van der Waals surface area contributed by atoms with Gasteiger partial charge in [-0.3, -0.25) is 0 Å². The van der Waals surface area contributed by atoms with Crippen molar-refractivity contribution in [2.75, 3.05) is 25.6 Å². The van der Waals surface area contributed by atoms with Gasteiger partial charge < -0.3 is 14.8 Å². The lowest BCUT2D eigenvalue weighted by Crippen LogP contribution is -2.12. The maximum atomic E-state index is 13.0. The highest BCUT2D eigenvalue weighted by atomic mass is 19.2. The monoisotopic (exact) mass is 297 g/mol. The van der Waals surface area contributed by atoms with E-state index in [0.717, 1.165) is 17.9 Å². The Morgan fingerprint density at radius 3 is 2.10 bits per heavy atom. The molecule has 112 valence electrons. The fraction of sp³-hybridized carbons (Fsp3) is 0.200. The topological polar surface area (TPSA) is 30.5 Å². The van der Waals surface area contributed by atoms with Gasteiger partial charge in [0.1, 0.15) is 18.1 Å². The number of benzene rings is 2. The maximum absolute atomic E-state index is 13.0. The molecule has 0 heterocycles. The molecule has 0 saturated carbocycles. The van der Waals surface area contributed by atoms with Crippen molar-refractivity contribution in [3.8, 4) is 11.5 Å². The Morgan fingerprint density at radius 1 is 0.952 bits per heavy atom. The summed E-state index contributed by atoms with van der Waals surface area (Å²) < 4.78 is 49.2. The summed E-state index contributed by atoms with van der Waals surface area (Å²) in [6, 6.07) is 8.80. The zero-order valence-corrected chi connectivity index (χ0v) is 11.3. The molecule has 0 aliphatic carbocycles. The minimum atomic E-state index is -1.48. The van der Waals surface area contributed by atoms with Gasteiger partial charge in [0.05, 0.1) is 7.11 Å². The van der Waals surface area contributed by atoms with Crippen LogP contribution in [-0.2, 0) is 0 Å². The summed E-state index contributed by atoms with van der Waals surface area (Å²) >= 11 is 0. The zero-order chi connectivity index (χ0) is 15.2. The molecule has 2 rings (SSSR count). The number of hydrogen-bond donors (Lipinski definition) is 1.